The summed E-state index contributed by atoms with van der Waals surface area (Å²) in [5.41, 5.74) is -3.42. The molecule has 0 amide bonds. The fourth-order valence-corrected chi connectivity index (χ4v) is 3.20. The average molecular weight is 640 g/mol. The van der Waals surface area contributed by atoms with Crippen molar-refractivity contribution in [3.63, 3.8) is 0 Å². The van der Waals surface area contributed by atoms with Gasteiger partial charge in [0.05, 0.1) is 18.6 Å². The van der Waals surface area contributed by atoms with Crippen molar-refractivity contribution in [3.05, 3.63) is 29.8 Å². The first-order valence-electron chi connectivity index (χ1n) is 10.9. The van der Waals surface area contributed by atoms with Crippen LogP contribution in [0.4, 0.5) is 74.6 Å². The molecular formula is C22H21F17O2. The van der Waals surface area contributed by atoms with E-state index < -0.39 is 65.2 Å². The summed E-state index contributed by atoms with van der Waals surface area (Å²) in [6.45, 7) is 3.87. The molecule has 19 heteroatoms. The van der Waals surface area contributed by atoms with Gasteiger partial charge in [-0.3, -0.25) is 0 Å². The number of rotatable bonds is 13. The van der Waals surface area contributed by atoms with Crippen molar-refractivity contribution in [2.24, 2.45) is 5.92 Å². The molecule has 2 nitrogen and oxygen atoms in total. The van der Waals surface area contributed by atoms with Gasteiger partial charge in [-0.25, -0.2) is 0 Å². The van der Waals surface area contributed by atoms with Crippen LogP contribution in [0, 0.1) is 5.92 Å². The lowest BCUT2D eigenvalue weighted by atomic mass is 9.83. The molecular weight excluding hydrogens is 619 g/mol. The smallest absolute Gasteiger partial charge is 0.460 e. The normalized spacial score (nSPS) is 16.6. The number of hydrogen-bond acceptors (Lipinski definition) is 2. The average Bonchev–Trinajstić information content (AvgIpc) is 2.81. The predicted octanol–water partition coefficient (Wildman–Crippen LogP) is 8.98. The Bertz CT molecular complexity index is 1050. The van der Waals surface area contributed by atoms with E-state index in [1.165, 1.54) is 6.07 Å². The largest absolute Gasteiger partial charge is 0.493 e. The van der Waals surface area contributed by atoms with Crippen LogP contribution in [0.2, 0.25) is 0 Å². The zero-order valence-corrected chi connectivity index (χ0v) is 21.0. The van der Waals surface area contributed by atoms with Crippen molar-refractivity contribution >= 4 is 0 Å². The van der Waals surface area contributed by atoms with Crippen molar-refractivity contribution in [2.75, 3.05) is 13.7 Å². The van der Waals surface area contributed by atoms with Crippen LogP contribution >= 0.6 is 0 Å². The van der Waals surface area contributed by atoms with Crippen LogP contribution in [0.3, 0.4) is 0 Å². The van der Waals surface area contributed by atoms with E-state index in [9.17, 15) is 74.6 Å². The van der Waals surface area contributed by atoms with Crippen LogP contribution in [-0.4, -0.2) is 61.4 Å². The van der Waals surface area contributed by atoms with E-state index in [1.54, 1.807) is 13.8 Å². The van der Waals surface area contributed by atoms with E-state index in [1.807, 2.05) is 0 Å². The number of benzene rings is 1. The molecule has 1 aromatic carbocycles. The molecule has 0 N–H and O–H groups in total. The van der Waals surface area contributed by atoms with E-state index >= 15 is 0 Å². The monoisotopic (exact) mass is 640 g/mol. The van der Waals surface area contributed by atoms with Gasteiger partial charge in [-0.1, -0.05) is 26.0 Å². The standard InChI is InChI=1S/C22H21F17O2/c1-11(2)9-41-13-7-5-6-12(8-13)14(3,40-4)10-15(23,24)16(25,26)17(27,28)18(29,30)19(31,32)20(33,34)21(35,36)22(37,38)39/h5-8,11H,9-10H2,1-4H3. The maximum absolute atomic E-state index is 14.6. The lowest BCUT2D eigenvalue weighted by molar-refractivity contribution is -0.462. The lowest BCUT2D eigenvalue weighted by Crippen LogP contribution is -2.74. The Morgan fingerprint density at radius 1 is 0.634 bits per heavy atom. The maximum Gasteiger partial charge on any atom is 0.460 e. The number of ether oxygens (including phenoxy) is 2. The minimum absolute atomic E-state index is 0.00884. The van der Waals surface area contributed by atoms with Gasteiger partial charge in [-0.2, -0.15) is 74.6 Å². The molecule has 0 spiro atoms. The third kappa shape index (κ3) is 5.87. The maximum atomic E-state index is 14.6. The molecule has 1 aromatic rings. The molecule has 41 heavy (non-hydrogen) atoms. The molecule has 0 aromatic heterocycles. The molecule has 0 saturated heterocycles. The summed E-state index contributed by atoms with van der Waals surface area (Å²) in [7, 11) is 0.538. The topological polar surface area (TPSA) is 18.5 Å². The third-order valence-electron chi connectivity index (χ3n) is 5.82. The van der Waals surface area contributed by atoms with Gasteiger partial charge in [-0.05, 0) is 30.5 Å². The predicted molar refractivity (Wildman–Crippen MR) is 106 cm³/mol. The fourth-order valence-electron chi connectivity index (χ4n) is 3.20. The molecule has 0 aliphatic rings. The highest BCUT2D eigenvalue weighted by Gasteiger charge is 2.95. The highest BCUT2D eigenvalue weighted by atomic mass is 19.4. The van der Waals surface area contributed by atoms with Gasteiger partial charge in [0.25, 0.3) is 0 Å². The first kappa shape index (κ1) is 36.8. The van der Waals surface area contributed by atoms with Crippen molar-refractivity contribution < 1.29 is 84.1 Å². The summed E-state index contributed by atoms with van der Waals surface area (Å²) in [5, 5.41) is 0. The Morgan fingerprint density at radius 2 is 1.05 bits per heavy atom. The molecule has 1 rings (SSSR count). The van der Waals surface area contributed by atoms with Gasteiger partial charge in [0.2, 0.25) is 0 Å². The molecule has 1 atom stereocenters. The molecule has 0 fully saturated rings. The molecule has 240 valence electrons. The first-order chi connectivity index (χ1) is 17.9. The third-order valence-corrected chi connectivity index (χ3v) is 5.82. The molecule has 0 aliphatic carbocycles. The second-order valence-corrected chi connectivity index (χ2v) is 9.49. The van der Waals surface area contributed by atoms with Crippen molar-refractivity contribution in [1.29, 1.82) is 0 Å². The highest BCUT2D eigenvalue weighted by Crippen LogP contribution is 2.64. The fraction of sp³-hybridized carbons (Fsp3) is 0.727. The first-order valence-corrected chi connectivity index (χ1v) is 10.9. The van der Waals surface area contributed by atoms with Crippen LogP contribution in [0.1, 0.15) is 32.8 Å². The quantitative estimate of drug-likeness (QED) is 0.201. The summed E-state index contributed by atoms with van der Waals surface area (Å²) in [5.74, 6) is -57.0. The summed E-state index contributed by atoms with van der Waals surface area (Å²) in [4.78, 5) is 0. The Kier molecular flexibility index (Phi) is 9.71. The van der Waals surface area contributed by atoms with E-state index in [2.05, 4.69) is 4.74 Å². The minimum Gasteiger partial charge on any atom is -0.493 e. The van der Waals surface area contributed by atoms with Crippen LogP contribution in [0.5, 0.6) is 5.75 Å². The van der Waals surface area contributed by atoms with E-state index in [0.717, 1.165) is 18.2 Å². The molecule has 0 heterocycles. The van der Waals surface area contributed by atoms with Crippen molar-refractivity contribution in [1.82, 2.24) is 0 Å². The second-order valence-electron chi connectivity index (χ2n) is 9.49. The Balaban J connectivity index is 3.62. The van der Waals surface area contributed by atoms with E-state index in [0.29, 0.717) is 14.0 Å². The summed E-state index contributed by atoms with van der Waals surface area (Å²) < 4.78 is 241. The van der Waals surface area contributed by atoms with Gasteiger partial charge in [0.1, 0.15) is 5.75 Å². The molecule has 0 radical (unpaired) electrons. The van der Waals surface area contributed by atoms with Gasteiger partial charge >= 0.3 is 47.6 Å². The number of alkyl halides is 17. The van der Waals surface area contributed by atoms with Crippen LogP contribution in [-0.2, 0) is 10.3 Å². The van der Waals surface area contributed by atoms with E-state index in [-0.39, 0.29) is 18.3 Å². The number of halogens is 17. The minimum atomic E-state index is -8.67. The molecule has 0 aliphatic heterocycles. The lowest BCUT2D eigenvalue weighted by Gasteiger charge is -2.44. The molecule has 1 unspecified atom stereocenters. The number of methoxy groups -OCH3 is 1. The Hall–Kier alpha value is -2.21. The second kappa shape index (κ2) is 10.8. The molecule has 0 bridgehead atoms. The van der Waals surface area contributed by atoms with Crippen LogP contribution in [0.15, 0.2) is 24.3 Å². The van der Waals surface area contributed by atoms with Gasteiger partial charge in [0.15, 0.2) is 0 Å². The zero-order valence-electron chi connectivity index (χ0n) is 21.0. The van der Waals surface area contributed by atoms with Crippen molar-refractivity contribution in [3.8, 4) is 5.75 Å². The number of hydrogen-bond donors (Lipinski definition) is 0. The van der Waals surface area contributed by atoms with Crippen molar-refractivity contribution in [2.45, 2.75) is 80.4 Å². The summed E-state index contributed by atoms with van der Waals surface area (Å²) >= 11 is 0. The van der Waals surface area contributed by atoms with Gasteiger partial charge < -0.3 is 9.47 Å². The zero-order chi connectivity index (χ0) is 32.9. The van der Waals surface area contributed by atoms with Gasteiger partial charge in [-0.15, -0.1) is 0 Å². The summed E-state index contributed by atoms with van der Waals surface area (Å²) in [6, 6.07) is 4.01. The SMILES string of the molecule is COC(C)(CC(F)(F)C(F)(F)C(F)(F)C(F)(F)C(F)(F)C(F)(F)C(F)(F)C(F)(F)F)c1cccc(OCC(C)C)c1. The van der Waals surface area contributed by atoms with Gasteiger partial charge in [0, 0.05) is 7.11 Å². The van der Waals surface area contributed by atoms with Crippen LogP contribution < -0.4 is 4.74 Å². The highest BCUT2D eigenvalue weighted by molar-refractivity contribution is 5.33. The Morgan fingerprint density at radius 3 is 1.44 bits per heavy atom. The van der Waals surface area contributed by atoms with Crippen LogP contribution in [0.25, 0.3) is 0 Å². The molecule has 0 saturated carbocycles. The van der Waals surface area contributed by atoms with E-state index in [4.69, 9.17) is 4.74 Å². The Labute approximate surface area is 220 Å². The summed E-state index contributed by atoms with van der Waals surface area (Å²) in [6.07, 6.45) is -10.6.